The maximum Gasteiger partial charge on any atom is 0.159 e. The number of unbranched alkanes of at least 4 members (excludes halogenated alkanes) is 6. The van der Waals surface area contributed by atoms with Crippen LogP contribution in [0.3, 0.4) is 0 Å². The van der Waals surface area contributed by atoms with E-state index in [0.717, 1.165) is 35.5 Å². The van der Waals surface area contributed by atoms with E-state index in [9.17, 15) is 0 Å². The van der Waals surface area contributed by atoms with E-state index in [0.29, 0.717) is 0 Å². The maximum atomic E-state index is 4.64. The van der Waals surface area contributed by atoms with Gasteiger partial charge in [0.1, 0.15) is 0 Å². The summed E-state index contributed by atoms with van der Waals surface area (Å²) in [4.78, 5) is 13.8. The van der Waals surface area contributed by atoms with Crippen LogP contribution in [0.4, 0.5) is 0 Å². The Hall–Kier alpha value is -2.55. The van der Waals surface area contributed by atoms with Crippen LogP contribution in [0.25, 0.3) is 22.6 Å². The molecule has 3 rings (SSSR count). The van der Waals surface area contributed by atoms with Crippen molar-refractivity contribution in [2.24, 2.45) is 0 Å². The van der Waals surface area contributed by atoms with Crippen LogP contribution in [0, 0.1) is 0 Å². The monoisotopic (exact) mass is 401 g/mol. The lowest BCUT2D eigenvalue weighted by Gasteiger charge is -2.06. The average Bonchev–Trinajstić information content (AvgIpc) is 2.81. The number of rotatable bonds is 12. The second-order valence-corrected chi connectivity index (χ2v) is 8.17. The van der Waals surface area contributed by atoms with E-state index < -0.39 is 0 Å². The zero-order valence-corrected chi connectivity index (χ0v) is 18.6. The van der Waals surface area contributed by atoms with E-state index in [1.165, 1.54) is 62.5 Å². The average molecular weight is 402 g/mol. The Morgan fingerprint density at radius 2 is 1.13 bits per heavy atom. The van der Waals surface area contributed by atoms with Crippen molar-refractivity contribution in [3.8, 4) is 22.6 Å². The van der Waals surface area contributed by atoms with Crippen LogP contribution in [0.2, 0.25) is 0 Å². The molecule has 0 N–H and O–H groups in total. The Morgan fingerprint density at radius 1 is 0.533 bits per heavy atom. The molecule has 2 aromatic heterocycles. The zero-order chi connectivity index (χ0) is 21.0. The SMILES string of the molecule is CCCCCCCCc1cnc(-c2ccc(-c3ccc(CCCC)cn3)cc2)nc1. The Labute approximate surface area is 182 Å². The summed E-state index contributed by atoms with van der Waals surface area (Å²) in [5.74, 6) is 0.788. The van der Waals surface area contributed by atoms with Crippen molar-refractivity contribution in [3.63, 3.8) is 0 Å². The molecule has 0 saturated heterocycles. The number of hydrogen-bond donors (Lipinski definition) is 0. The first-order valence-electron chi connectivity index (χ1n) is 11.7. The van der Waals surface area contributed by atoms with Gasteiger partial charge in [0.2, 0.25) is 0 Å². The van der Waals surface area contributed by atoms with Gasteiger partial charge in [-0.3, -0.25) is 4.98 Å². The lowest BCUT2D eigenvalue weighted by Crippen LogP contribution is -1.94. The van der Waals surface area contributed by atoms with Gasteiger partial charge in [-0.25, -0.2) is 9.97 Å². The molecule has 0 aliphatic rings. The van der Waals surface area contributed by atoms with Gasteiger partial charge in [-0.15, -0.1) is 0 Å². The molecule has 0 unspecified atom stereocenters. The normalized spacial score (nSPS) is 11.0. The van der Waals surface area contributed by atoms with E-state index in [-0.39, 0.29) is 0 Å². The molecule has 3 nitrogen and oxygen atoms in total. The van der Waals surface area contributed by atoms with E-state index in [2.05, 4.69) is 65.2 Å². The van der Waals surface area contributed by atoms with E-state index >= 15 is 0 Å². The van der Waals surface area contributed by atoms with E-state index in [4.69, 9.17) is 0 Å². The summed E-state index contributed by atoms with van der Waals surface area (Å²) in [6.45, 7) is 4.48. The Bertz CT molecular complexity index is 852. The molecule has 0 bridgehead atoms. The van der Waals surface area contributed by atoms with Crippen LogP contribution >= 0.6 is 0 Å². The van der Waals surface area contributed by atoms with Gasteiger partial charge < -0.3 is 0 Å². The molecule has 3 heteroatoms. The quantitative estimate of drug-likeness (QED) is 0.296. The van der Waals surface area contributed by atoms with Crippen molar-refractivity contribution in [1.29, 1.82) is 0 Å². The summed E-state index contributed by atoms with van der Waals surface area (Å²) >= 11 is 0. The lowest BCUT2D eigenvalue weighted by molar-refractivity contribution is 0.607. The highest BCUT2D eigenvalue weighted by atomic mass is 14.9. The topological polar surface area (TPSA) is 38.7 Å². The van der Waals surface area contributed by atoms with Crippen LogP contribution in [-0.4, -0.2) is 15.0 Å². The van der Waals surface area contributed by atoms with Gasteiger partial charge in [0.25, 0.3) is 0 Å². The molecule has 2 heterocycles. The minimum absolute atomic E-state index is 0.788. The predicted octanol–water partition coefficient (Wildman–Crippen LogP) is 7.45. The minimum Gasteiger partial charge on any atom is -0.256 e. The van der Waals surface area contributed by atoms with Gasteiger partial charge in [0.15, 0.2) is 5.82 Å². The fraction of sp³-hybridized carbons (Fsp3) is 0.444. The number of nitrogens with zero attached hydrogens (tertiary/aromatic N) is 3. The molecule has 3 aromatic rings. The largest absolute Gasteiger partial charge is 0.256 e. The molecule has 1 aromatic carbocycles. The van der Waals surface area contributed by atoms with Crippen molar-refractivity contribution in [2.75, 3.05) is 0 Å². The van der Waals surface area contributed by atoms with Crippen LogP contribution in [0.1, 0.15) is 76.3 Å². The second kappa shape index (κ2) is 12.2. The molecule has 30 heavy (non-hydrogen) atoms. The Balaban J connectivity index is 1.54. The van der Waals surface area contributed by atoms with Crippen LogP contribution in [0.5, 0.6) is 0 Å². The third-order valence-electron chi connectivity index (χ3n) is 5.61. The Kier molecular flexibility index (Phi) is 9.02. The molecule has 0 radical (unpaired) electrons. The molecule has 158 valence electrons. The van der Waals surface area contributed by atoms with Crippen molar-refractivity contribution in [1.82, 2.24) is 15.0 Å². The minimum atomic E-state index is 0.788. The molecule has 0 atom stereocenters. The maximum absolute atomic E-state index is 4.64. The van der Waals surface area contributed by atoms with Gasteiger partial charge in [-0.05, 0) is 42.9 Å². The first kappa shape index (κ1) is 22.1. The van der Waals surface area contributed by atoms with Gasteiger partial charge in [0, 0.05) is 29.7 Å². The van der Waals surface area contributed by atoms with E-state index in [1.54, 1.807) is 0 Å². The van der Waals surface area contributed by atoms with Crippen molar-refractivity contribution in [2.45, 2.75) is 78.1 Å². The molecule has 0 aliphatic carbocycles. The fourth-order valence-corrected chi connectivity index (χ4v) is 3.66. The van der Waals surface area contributed by atoms with Gasteiger partial charge in [-0.2, -0.15) is 0 Å². The summed E-state index contributed by atoms with van der Waals surface area (Å²) in [7, 11) is 0. The summed E-state index contributed by atoms with van der Waals surface area (Å²) in [5.41, 5.74) is 5.73. The number of aryl methyl sites for hydroxylation is 2. The van der Waals surface area contributed by atoms with E-state index in [1.807, 2.05) is 18.6 Å². The molecule has 0 fully saturated rings. The van der Waals surface area contributed by atoms with Crippen LogP contribution in [0.15, 0.2) is 55.0 Å². The summed E-state index contributed by atoms with van der Waals surface area (Å²) in [5, 5.41) is 0. The van der Waals surface area contributed by atoms with Crippen LogP contribution < -0.4 is 0 Å². The van der Waals surface area contributed by atoms with Crippen molar-refractivity contribution in [3.05, 3.63) is 66.1 Å². The molecule has 0 aliphatic heterocycles. The number of aromatic nitrogens is 3. The standard InChI is InChI=1S/C27H35N3/c1-3-5-7-8-9-10-12-23-20-29-27(30-21-23)25-16-14-24(15-17-25)26-18-13-22(19-28-26)11-6-4-2/h13-21H,3-12H2,1-2H3. The molecular weight excluding hydrogens is 366 g/mol. The zero-order valence-electron chi connectivity index (χ0n) is 18.6. The third-order valence-corrected chi connectivity index (χ3v) is 5.61. The number of benzene rings is 1. The highest BCUT2D eigenvalue weighted by Gasteiger charge is 2.05. The lowest BCUT2D eigenvalue weighted by atomic mass is 10.1. The molecule has 0 spiro atoms. The Morgan fingerprint density at radius 3 is 1.80 bits per heavy atom. The third kappa shape index (κ3) is 6.76. The van der Waals surface area contributed by atoms with Gasteiger partial charge >= 0.3 is 0 Å². The molecule has 0 saturated carbocycles. The van der Waals surface area contributed by atoms with Crippen LogP contribution in [-0.2, 0) is 12.8 Å². The summed E-state index contributed by atoms with van der Waals surface area (Å²) in [6, 6.07) is 12.7. The number of hydrogen-bond acceptors (Lipinski definition) is 3. The highest BCUT2D eigenvalue weighted by Crippen LogP contribution is 2.22. The van der Waals surface area contributed by atoms with Crippen molar-refractivity contribution >= 4 is 0 Å². The van der Waals surface area contributed by atoms with Gasteiger partial charge in [0.05, 0.1) is 5.69 Å². The van der Waals surface area contributed by atoms with Gasteiger partial charge in [-0.1, -0.05) is 82.7 Å². The summed E-state index contributed by atoms with van der Waals surface area (Å²) in [6.07, 6.45) is 18.5. The summed E-state index contributed by atoms with van der Waals surface area (Å²) < 4.78 is 0. The smallest absolute Gasteiger partial charge is 0.159 e. The predicted molar refractivity (Wildman–Crippen MR) is 126 cm³/mol. The highest BCUT2D eigenvalue weighted by molar-refractivity contribution is 5.65. The fourth-order valence-electron chi connectivity index (χ4n) is 3.66. The first-order valence-corrected chi connectivity index (χ1v) is 11.7. The molecular formula is C27H35N3. The number of pyridine rings is 1. The molecule has 0 amide bonds. The second-order valence-electron chi connectivity index (χ2n) is 8.17. The van der Waals surface area contributed by atoms with Crippen molar-refractivity contribution < 1.29 is 0 Å². The first-order chi connectivity index (χ1) is 14.8.